The third kappa shape index (κ3) is 4.65. The van der Waals surface area contributed by atoms with Crippen LogP contribution < -0.4 is 0 Å². The summed E-state index contributed by atoms with van der Waals surface area (Å²) in [5.74, 6) is 0.251. The van der Waals surface area contributed by atoms with E-state index in [1.165, 1.54) is 5.56 Å². The Bertz CT molecular complexity index is 445. The number of hydrogen-bond acceptors (Lipinski definition) is 3. The average molecular weight is 288 g/mol. The molecule has 3 heteroatoms. The van der Waals surface area contributed by atoms with Gasteiger partial charge in [0.1, 0.15) is 0 Å². The normalized spacial score (nSPS) is 17.3. The summed E-state index contributed by atoms with van der Waals surface area (Å²) in [5.41, 5.74) is 2.17. The van der Waals surface area contributed by atoms with E-state index in [0.717, 1.165) is 44.3 Å². The molecule has 116 valence electrons. The van der Waals surface area contributed by atoms with Crippen LogP contribution in [0.4, 0.5) is 0 Å². The number of aryl methyl sites for hydroxylation is 1. The maximum absolute atomic E-state index is 12.3. The van der Waals surface area contributed by atoms with Crippen LogP contribution in [0.25, 0.3) is 0 Å². The number of Topliss-reactive ketones (excluding diaryl/α,β-unsaturated/α-hetero) is 1. The lowest BCUT2D eigenvalue weighted by Crippen LogP contribution is -2.43. The fourth-order valence-electron chi connectivity index (χ4n) is 3.03. The summed E-state index contributed by atoms with van der Waals surface area (Å²) in [5, 5.41) is 0. The molecular formula is C18H28N2O. The van der Waals surface area contributed by atoms with Crippen molar-refractivity contribution in [2.45, 2.75) is 38.6 Å². The Labute approximate surface area is 128 Å². The van der Waals surface area contributed by atoms with E-state index in [4.69, 9.17) is 0 Å². The van der Waals surface area contributed by atoms with E-state index in [2.05, 4.69) is 43.0 Å². The predicted octanol–water partition coefficient (Wildman–Crippen LogP) is 2.85. The summed E-state index contributed by atoms with van der Waals surface area (Å²) in [7, 11) is 4.28. The smallest absolute Gasteiger partial charge is 0.176 e. The molecule has 0 saturated carbocycles. The lowest BCUT2D eigenvalue weighted by atomic mass is 10.0. The van der Waals surface area contributed by atoms with Gasteiger partial charge in [-0.15, -0.1) is 0 Å². The molecule has 1 aromatic carbocycles. The van der Waals surface area contributed by atoms with Gasteiger partial charge in [-0.2, -0.15) is 0 Å². The molecule has 1 heterocycles. The molecule has 0 aromatic heterocycles. The molecule has 1 saturated heterocycles. The molecule has 1 aliphatic heterocycles. The van der Waals surface area contributed by atoms with Crippen molar-refractivity contribution >= 4 is 5.78 Å². The van der Waals surface area contributed by atoms with Gasteiger partial charge in [0, 0.05) is 24.7 Å². The first-order valence-electron chi connectivity index (χ1n) is 8.11. The van der Waals surface area contributed by atoms with Gasteiger partial charge in [0.15, 0.2) is 5.78 Å². The molecule has 21 heavy (non-hydrogen) atoms. The van der Waals surface area contributed by atoms with Crippen LogP contribution in [-0.4, -0.2) is 55.4 Å². The van der Waals surface area contributed by atoms with Crippen LogP contribution in [0.2, 0.25) is 0 Å². The molecule has 2 rings (SSSR count). The van der Waals surface area contributed by atoms with E-state index >= 15 is 0 Å². The van der Waals surface area contributed by atoms with Crippen LogP contribution in [0.15, 0.2) is 24.3 Å². The van der Waals surface area contributed by atoms with Gasteiger partial charge < -0.3 is 4.90 Å². The highest BCUT2D eigenvalue weighted by Gasteiger charge is 2.22. The number of carbonyl (C=O) groups excluding carboxylic acids is 1. The number of piperidine rings is 1. The first-order chi connectivity index (χ1) is 10.1. The minimum atomic E-state index is 0.251. The Balaban J connectivity index is 1.84. The van der Waals surface area contributed by atoms with Gasteiger partial charge in [-0.05, 0) is 38.9 Å². The molecule has 0 spiro atoms. The average Bonchev–Trinajstić information content (AvgIpc) is 2.49. The second-order valence-corrected chi connectivity index (χ2v) is 6.34. The fraction of sp³-hybridized carbons (Fsp3) is 0.611. The summed E-state index contributed by atoms with van der Waals surface area (Å²) < 4.78 is 0. The van der Waals surface area contributed by atoms with Gasteiger partial charge in [0.2, 0.25) is 0 Å². The third-order valence-corrected chi connectivity index (χ3v) is 4.47. The van der Waals surface area contributed by atoms with Crippen molar-refractivity contribution in [2.24, 2.45) is 0 Å². The summed E-state index contributed by atoms with van der Waals surface area (Å²) in [4.78, 5) is 16.9. The van der Waals surface area contributed by atoms with Crippen LogP contribution in [-0.2, 0) is 6.42 Å². The molecule has 0 radical (unpaired) electrons. The standard InChI is InChI=1S/C18H28N2O/c1-4-5-15-6-8-16(9-7-15)18(21)14-20-12-10-17(11-13-20)19(2)3/h6-9,17H,4-5,10-14H2,1-3H3. The van der Waals surface area contributed by atoms with Gasteiger partial charge in [-0.3, -0.25) is 9.69 Å². The SMILES string of the molecule is CCCc1ccc(C(=O)CN2CCC(N(C)C)CC2)cc1. The van der Waals surface area contributed by atoms with Gasteiger partial charge in [0.05, 0.1) is 6.54 Å². The Morgan fingerprint density at radius 3 is 2.33 bits per heavy atom. The highest BCUT2D eigenvalue weighted by Crippen LogP contribution is 2.15. The van der Waals surface area contributed by atoms with Crippen molar-refractivity contribution in [3.05, 3.63) is 35.4 Å². The number of benzene rings is 1. The highest BCUT2D eigenvalue weighted by atomic mass is 16.1. The van der Waals surface area contributed by atoms with Crippen LogP contribution in [0.3, 0.4) is 0 Å². The number of likely N-dealkylation sites (tertiary alicyclic amines) is 1. The quantitative estimate of drug-likeness (QED) is 0.752. The van der Waals surface area contributed by atoms with E-state index in [9.17, 15) is 4.79 Å². The summed E-state index contributed by atoms with van der Waals surface area (Å²) in [6.45, 7) is 4.80. The van der Waals surface area contributed by atoms with Gasteiger partial charge >= 0.3 is 0 Å². The molecule has 0 aliphatic carbocycles. The van der Waals surface area contributed by atoms with Crippen molar-refractivity contribution < 1.29 is 4.79 Å². The molecule has 1 aromatic rings. The maximum Gasteiger partial charge on any atom is 0.176 e. The summed E-state index contributed by atoms with van der Waals surface area (Å²) in [6.07, 6.45) is 4.56. The Kier molecular flexibility index (Phi) is 5.95. The molecule has 0 bridgehead atoms. The van der Waals surface area contributed by atoms with E-state index in [-0.39, 0.29) is 5.78 Å². The summed E-state index contributed by atoms with van der Waals surface area (Å²) in [6, 6.07) is 8.83. The van der Waals surface area contributed by atoms with E-state index < -0.39 is 0 Å². The number of ketones is 1. The van der Waals surface area contributed by atoms with Crippen molar-refractivity contribution in [1.29, 1.82) is 0 Å². The molecule has 0 amide bonds. The number of carbonyl (C=O) groups is 1. The van der Waals surface area contributed by atoms with Crippen LogP contribution in [0, 0.1) is 0 Å². The van der Waals surface area contributed by atoms with Gasteiger partial charge in [0.25, 0.3) is 0 Å². The third-order valence-electron chi connectivity index (χ3n) is 4.47. The van der Waals surface area contributed by atoms with Crippen LogP contribution in [0.5, 0.6) is 0 Å². The molecular weight excluding hydrogens is 260 g/mol. The largest absolute Gasteiger partial charge is 0.306 e. The van der Waals surface area contributed by atoms with Crippen molar-refractivity contribution in [1.82, 2.24) is 9.80 Å². The number of nitrogens with zero attached hydrogens (tertiary/aromatic N) is 2. The molecule has 0 atom stereocenters. The van der Waals surface area contributed by atoms with Crippen molar-refractivity contribution in [2.75, 3.05) is 33.7 Å². The summed E-state index contributed by atoms with van der Waals surface area (Å²) >= 11 is 0. The minimum Gasteiger partial charge on any atom is -0.306 e. The first-order valence-corrected chi connectivity index (χ1v) is 8.11. The Morgan fingerprint density at radius 2 is 1.81 bits per heavy atom. The van der Waals surface area contributed by atoms with Gasteiger partial charge in [-0.25, -0.2) is 0 Å². The molecule has 3 nitrogen and oxygen atoms in total. The molecule has 1 aliphatic rings. The number of rotatable bonds is 6. The van der Waals surface area contributed by atoms with Crippen LogP contribution >= 0.6 is 0 Å². The lowest BCUT2D eigenvalue weighted by Gasteiger charge is -2.34. The number of hydrogen-bond donors (Lipinski definition) is 0. The maximum atomic E-state index is 12.3. The van der Waals surface area contributed by atoms with E-state index in [0.29, 0.717) is 12.6 Å². The zero-order chi connectivity index (χ0) is 15.2. The Hall–Kier alpha value is -1.19. The predicted molar refractivity (Wildman–Crippen MR) is 87.9 cm³/mol. The highest BCUT2D eigenvalue weighted by molar-refractivity contribution is 5.97. The second kappa shape index (κ2) is 7.71. The Morgan fingerprint density at radius 1 is 1.19 bits per heavy atom. The van der Waals surface area contributed by atoms with Crippen LogP contribution in [0.1, 0.15) is 42.1 Å². The van der Waals surface area contributed by atoms with E-state index in [1.807, 2.05) is 12.1 Å². The van der Waals surface area contributed by atoms with E-state index in [1.54, 1.807) is 0 Å². The molecule has 1 fully saturated rings. The van der Waals surface area contributed by atoms with Crippen molar-refractivity contribution in [3.8, 4) is 0 Å². The topological polar surface area (TPSA) is 23.6 Å². The molecule has 0 unspecified atom stereocenters. The minimum absolute atomic E-state index is 0.251. The zero-order valence-electron chi connectivity index (χ0n) is 13.6. The lowest BCUT2D eigenvalue weighted by molar-refractivity contribution is 0.0874. The zero-order valence-corrected chi connectivity index (χ0v) is 13.6. The fourth-order valence-corrected chi connectivity index (χ4v) is 3.03. The second-order valence-electron chi connectivity index (χ2n) is 6.34. The monoisotopic (exact) mass is 288 g/mol. The molecule has 0 N–H and O–H groups in total. The first kappa shape index (κ1) is 16.2. The van der Waals surface area contributed by atoms with Gasteiger partial charge in [-0.1, -0.05) is 37.6 Å². The van der Waals surface area contributed by atoms with Crippen molar-refractivity contribution in [3.63, 3.8) is 0 Å².